The number of hydrogen-bond acceptors (Lipinski definition) is 4. The molecular weight excluding hydrogens is 282 g/mol. The maximum Gasteiger partial charge on any atom is 0.328 e. The summed E-state index contributed by atoms with van der Waals surface area (Å²) >= 11 is 0. The highest BCUT2D eigenvalue weighted by Crippen LogP contribution is 2.12. The average molecular weight is 299 g/mol. The van der Waals surface area contributed by atoms with E-state index in [9.17, 15) is 13.2 Å². The Bertz CT molecular complexity index is 580. The van der Waals surface area contributed by atoms with Crippen LogP contribution >= 0.6 is 0 Å². The normalized spacial score (nSPS) is 11.8. The molecule has 20 heavy (non-hydrogen) atoms. The molecule has 0 aliphatic carbocycles. The van der Waals surface area contributed by atoms with E-state index < -0.39 is 16.0 Å². The molecule has 0 aliphatic heterocycles. The van der Waals surface area contributed by atoms with Crippen LogP contribution in [0.3, 0.4) is 0 Å². The van der Waals surface area contributed by atoms with Crippen LogP contribution in [0.5, 0.6) is 0 Å². The van der Waals surface area contributed by atoms with Crippen LogP contribution in [-0.4, -0.2) is 39.3 Å². The summed E-state index contributed by atoms with van der Waals surface area (Å²) in [4.78, 5) is 10.5. The molecule has 0 aliphatic rings. The molecule has 0 bridgehead atoms. The van der Waals surface area contributed by atoms with Crippen molar-refractivity contribution in [3.63, 3.8) is 0 Å². The van der Waals surface area contributed by atoms with Crippen LogP contribution in [0.2, 0.25) is 0 Å². The van der Waals surface area contributed by atoms with Crippen molar-refractivity contribution in [2.45, 2.75) is 11.8 Å². The smallest absolute Gasteiger partial charge is 0.328 e. The van der Waals surface area contributed by atoms with Gasteiger partial charge < -0.3 is 9.84 Å². The summed E-state index contributed by atoms with van der Waals surface area (Å²) < 4.78 is 31.4. The maximum absolute atomic E-state index is 12.0. The summed E-state index contributed by atoms with van der Waals surface area (Å²) in [6, 6.07) is 6.03. The quantitative estimate of drug-likeness (QED) is 0.554. The largest absolute Gasteiger partial charge is 0.478 e. The highest BCUT2D eigenvalue weighted by Gasteiger charge is 2.13. The van der Waals surface area contributed by atoms with E-state index >= 15 is 0 Å². The number of sulfonamides is 1. The second-order valence-electron chi connectivity index (χ2n) is 3.84. The van der Waals surface area contributed by atoms with Crippen LogP contribution in [-0.2, 0) is 19.6 Å². The maximum atomic E-state index is 12.0. The minimum Gasteiger partial charge on any atom is -0.478 e. The van der Waals surface area contributed by atoms with E-state index in [1.165, 1.54) is 18.2 Å². The van der Waals surface area contributed by atoms with Crippen molar-refractivity contribution in [2.24, 2.45) is 0 Å². The SMILES string of the molecule is CCOCCNS(=O)(=O)c1cccc(C=CC(=O)O)c1. The fourth-order valence-electron chi connectivity index (χ4n) is 1.43. The van der Waals surface area contributed by atoms with Crippen molar-refractivity contribution >= 4 is 22.1 Å². The van der Waals surface area contributed by atoms with Gasteiger partial charge in [-0.05, 0) is 30.7 Å². The number of carboxylic acid groups (broad SMARTS) is 1. The van der Waals surface area contributed by atoms with Gasteiger partial charge in [-0.25, -0.2) is 17.9 Å². The lowest BCUT2D eigenvalue weighted by molar-refractivity contribution is -0.131. The number of nitrogens with one attached hydrogen (secondary N) is 1. The molecule has 1 rings (SSSR count). The Morgan fingerprint density at radius 3 is 2.85 bits per heavy atom. The van der Waals surface area contributed by atoms with E-state index in [0.29, 0.717) is 18.8 Å². The van der Waals surface area contributed by atoms with Crippen molar-refractivity contribution in [3.05, 3.63) is 35.9 Å². The summed E-state index contributed by atoms with van der Waals surface area (Å²) in [6.45, 7) is 2.84. The van der Waals surface area contributed by atoms with Crippen molar-refractivity contribution in [1.29, 1.82) is 0 Å². The zero-order valence-electron chi connectivity index (χ0n) is 11.1. The molecule has 0 spiro atoms. The van der Waals surface area contributed by atoms with E-state index in [-0.39, 0.29) is 11.4 Å². The van der Waals surface area contributed by atoms with Crippen molar-refractivity contribution in [2.75, 3.05) is 19.8 Å². The monoisotopic (exact) mass is 299 g/mol. The van der Waals surface area contributed by atoms with Gasteiger partial charge in [-0.1, -0.05) is 12.1 Å². The molecule has 0 amide bonds. The zero-order valence-corrected chi connectivity index (χ0v) is 11.9. The molecule has 0 saturated carbocycles. The van der Waals surface area contributed by atoms with E-state index in [0.717, 1.165) is 6.08 Å². The molecule has 0 heterocycles. The minimum atomic E-state index is -3.61. The molecule has 0 atom stereocenters. The standard InChI is InChI=1S/C13H17NO5S/c1-2-19-9-8-14-20(17,18)12-5-3-4-11(10-12)6-7-13(15)16/h3-7,10,14H,2,8-9H2,1H3,(H,15,16). The second-order valence-corrected chi connectivity index (χ2v) is 5.61. The number of carbonyl (C=O) groups is 1. The fraction of sp³-hybridized carbons (Fsp3) is 0.308. The highest BCUT2D eigenvalue weighted by atomic mass is 32.2. The first-order chi connectivity index (χ1) is 9.45. The number of aliphatic carboxylic acids is 1. The minimum absolute atomic E-state index is 0.0848. The topological polar surface area (TPSA) is 92.7 Å². The average Bonchev–Trinajstić information content (AvgIpc) is 2.42. The van der Waals surface area contributed by atoms with Crippen LogP contribution < -0.4 is 4.72 Å². The molecule has 0 aromatic heterocycles. The number of benzene rings is 1. The summed E-state index contributed by atoms with van der Waals surface area (Å²) in [5, 5.41) is 8.54. The van der Waals surface area contributed by atoms with Gasteiger partial charge in [0.15, 0.2) is 0 Å². The summed E-state index contributed by atoms with van der Waals surface area (Å²) in [6.07, 6.45) is 2.29. The Kier molecular flexibility index (Phi) is 6.37. The van der Waals surface area contributed by atoms with Crippen LogP contribution in [0.25, 0.3) is 6.08 Å². The van der Waals surface area contributed by atoms with Gasteiger partial charge in [0.05, 0.1) is 11.5 Å². The Morgan fingerprint density at radius 1 is 1.45 bits per heavy atom. The first-order valence-corrected chi connectivity index (χ1v) is 7.52. The third-order valence-electron chi connectivity index (χ3n) is 2.33. The summed E-state index contributed by atoms with van der Waals surface area (Å²) in [5.41, 5.74) is 0.500. The Balaban J connectivity index is 2.79. The van der Waals surface area contributed by atoms with E-state index in [1.54, 1.807) is 12.1 Å². The van der Waals surface area contributed by atoms with Crippen molar-refractivity contribution in [1.82, 2.24) is 4.72 Å². The molecule has 6 nitrogen and oxygen atoms in total. The van der Waals surface area contributed by atoms with Crippen LogP contribution in [0.1, 0.15) is 12.5 Å². The molecule has 2 N–H and O–H groups in total. The van der Waals surface area contributed by atoms with E-state index in [2.05, 4.69) is 4.72 Å². The molecule has 0 saturated heterocycles. The number of ether oxygens (including phenoxy) is 1. The lowest BCUT2D eigenvalue weighted by atomic mass is 10.2. The molecule has 1 aromatic carbocycles. The molecule has 0 fully saturated rings. The molecule has 0 unspecified atom stereocenters. The van der Waals surface area contributed by atoms with Gasteiger partial charge in [0, 0.05) is 19.2 Å². The third kappa shape index (κ3) is 5.52. The van der Waals surface area contributed by atoms with Gasteiger partial charge in [0.2, 0.25) is 10.0 Å². The molecular formula is C13H17NO5S. The van der Waals surface area contributed by atoms with Gasteiger partial charge in [-0.15, -0.1) is 0 Å². The van der Waals surface area contributed by atoms with Crippen LogP contribution in [0, 0.1) is 0 Å². The van der Waals surface area contributed by atoms with Crippen LogP contribution in [0.15, 0.2) is 35.2 Å². The Labute approximate surface area is 118 Å². The fourth-order valence-corrected chi connectivity index (χ4v) is 2.50. The lowest BCUT2D eigenvalue weighted by Crippen LogP contribution is -2.27. The summed E-state index contributed by atoms with van der Waals surface area (Å²) in [7, 11) is -3.61. The van der Waals surface area contributed by atoms with E-state index in [4.69, 9.17) is 9.84 Å². The first-order valence-electron chi connectivity index (χ1n) is 6.04. The Morgan fingerprint density at radius 2 is 2.20 bits per heavy atom. The number of rotatable bonds is 8. The van der Waals surface area contributed by atoms with Gasteiger partial charge in [-0.3, -0.25) is 0 Å². The van der Waals surface area contributed by atoms with Crippen LogP contribution in [0.4, 0.5) is 0 Å². The Hall–Kier alpha value is -1.70. The van der Waals surface area contributed by atoms with Crippen molar-refractivity contribution < 1.29 is 23.1 Å². The predicted octanol–water partition coefficient (Wildman–Crippen LogP) is 1.10. The molecule has 0 radical (unpaired) electrons. The summed E-state index contributed by atoms with van der Waals surface area (Å²) in [5.74, 6) is -1.09. The van der Waals surface area contributed by atoms with Gasteiger partial charge >= 0.3 is 5.97 Å². The number of carboxylic acids is 1. The van der Waals surface area contributed by atoms with Gasteiger partial charge in [0.1, 0.15) is 0 Å². The van der Waals surface area contributed by atoms with Gasteiger partial charge in [0.25, 0.3) is 0 Å². The molecule has 7 heteroatoms. The third-order valence-corrected chi connectivity index (χ3v) is 3.79. The number of hydrogen-bond donors (Lipinski definition) is 2. The highest BCUT2D eigenvalue weighted by molar-refractivity contribution is 7.89. The second kappa shape index (κ2) is 7.78. The van der Waals surface area contributed by atoms with Gasteiger partial charge in [-0.2, -0.15) is 0 Å². The first kappa shape index (κ1) is 16.4. The molecule has 110 valence electrons. The lowest BCUT2D eigenvalue weighted by Gasteiger charge is -2.07. The predicted molar refractivity (Wildman–Crippen MR) is 74.8 cm³/mol. The molecule has 1 aromatic rings. The van der Waals surface area contributed by atoms with E-state index in [1.807, 2.05) is 6.92 Å². The zero-order chi connectivity index (χ0) is 15.0. The van der Waals surface area contributed by atoms with Crippen molar-refractivity contribution in [3.8, 4) is 0 Å².